The summed E-state index contributed by atoms with van der Waals surface area (Å²) >= 11 is 0. The normalized spacial score (nSPS) is 24.3. The van der Waals surface area contributed by atoms with E-state index >= 15 is 0 Å². The number of benzene rings is 2. The lowest BCUT2D eigenvalue weighted by Crippen LogP contribution is -2.56. The molecule has 12 nitrogen and oxygen atoms in total. The van der Waals surface area contributed by atoms with Crippen LogP contribution in [0, 0.1) is 6.92 Å². The summed E-state index contributed by atoms with van der Waals surface area (Å²) in [6.07, 6.45) is -8.12. The number of aryl methyl sites for hydroxylation is 1. The van der Waals surface area contributed by atoms with Gasteiger partial charge in [0.05, 0.1) is 30.8 Å². The first-order chi connectivity index (χ1) is 19.5. The highest BCUT2D eigenvalue weighted by Gasteiger charge is 2.49. The van der Waals surface area contributed by atoms with E-state index in [-0.39, 0.29) is 33.8 Å². The summed E-state index contributed by atoms with van der Waals surface area (Å²) in [5, 5.41) is 61.3. The van der Waals surface area contributed by atoms with E-state index in [2.05, 4.69) is 0 Å². The maximum atomic E-state index is 13.1. The van der Waals surface area contributed by atoms with Crippen molar-refractivity contribution in [1.82, 2.24) is 0 Å². The van der Waals surface area contributed by atoms with Crippen molar-refractivity contribution >= 4 is 23.0 Å². The molecular weight excluding hydrogens is 540 g/mol. The van der Waals surface area contributed by atoms with Crippen molar-refractivity contribution < 1.29 is 54.1 Å². The van der Waals surface area contributed by atoms with E-state index in [0.29, 0.717) is 11.1 Å². The Kier molecular flexibility index (Phi) is 9.12. The molecule has 1 aliphatic rings. The second-order valence-corrected chi connectivity index (χ2v) is 9.80. The number of esters is 1. The van der Waals surface area contributed by atoms with Crippen LogP contribution in [0.5, 0.6) is 11.5 Å². The average molecular weight is 573 g/mol. The van der Waals surface area contributed by atoms with Crippen LogP contribution in [-0.4, -0.2) is 80.8 Å². The van der Waals surface area contributed by atoms with Crippen LogP contribution in [0.15, 0.2) is 51.7 Å². The molecule has 3 aromatic rings. The van der Waals surface area contributed by atoms with Gasteiger partial charge in [0, 0.05) is 12.1 Å². The molecule has 220 valence electrons. The van der Waals surface area contributed by atoms with Gasteiger partial charge in [0.1, 0.15) is 53.4 Å². The molecule has 2 unspecified atom stereocenters. The number of methoxy groups -OCH3 is 1. The molecule has 0 radical (unpaired) electrons. The van der Waals surface area contributed by atoms with Crippen molar-refractivity contribution in [3.05, 3.63) is 75.1 Å². The fraction of sp³-hybridized carbons (Fsp3) is 0.379. The highest BCUT2D eigenvalue weighted by molar-refractivity contribution is 5.88. The van der Waals surface area contributed by atoms with Gasteiger partial charge in [-0.25, -0.2) is 4.79 Å². The lowest BCUT2D eigenvalue weighted by Gasteiger charge is -2.42. The summed E-state index contributed by atoms with van der Waals surface area (Å²) in [5.41, 5.74) is 0.328. The molecule has 2 heterocycles. The Bertz CT molecular complexity index is 1480. The molecule has 0 bridgehead atoms. The van der Waals surface area contributed by atoms with E-state index in [0.717, 1.165) is 12.1 Å². The van der Waals surface area contributed by atoms with Crippen LogP contribution >= 0.6 is 0 Å². The number of phenols is 1. The summed E-state index contributed by atoms with van der Waals surface area (Å²) < 4.78 is 22.9. The predicted octanol–water partition coefficient (Wildman–Crippen LogP) is 1.01. The fourth-order valence-corrected chi connectivity index (χ4v) is 4.73. The minimum atomic E-state index is -1.75. The zero-order valence-corrected chi connectivity index (χ0v) is 22.5. The molecule has 1 aromatic heterocycles. The van der Waals surface area contributed by atoms with E-state index in [9.17, 15) is 40.2 Å². The van der Waals surface area contributed by atoms with Crippen molar-refractivity contribution in [1.29, 1.82) is 0 Å². The van der Waals surface area contributed by atoms with Gasteiger partial charge in [-0.3, -0.25) is 4.79 Å². The van der Waals surface area contributed by atoms with Gasteiger partial charge in [0.2, 0.25) is 0 Å². The van der Waals surface area contributed by atoms with Gasteiger partial charge >= 0.3 is 5.97 Å². The number of carbonyl (C=O) groups is 1. The fourth-order valence-electron chi connectivity index (χ4n) is 4.73. The van der Waals surface area contributed by atoms with Crippen molar-refractivity contribution in [3.8, 4) is 11.5 Å². The Labute approximate surface area is 234 Å². The zero-order valence-electron chi connectivity index (χ0n) is 22.5. The van der Waals surface area contributed by atoms with E-state index in [1.54, 1.807) is 19.1 Å². The van der Waals surface area contributed by atoms with Gasteiger partial charge < -0.3 is 49.3 Å². The average Bonchev–Trinajstić information content (AvgIpc) is 2.94. The van der Waals surface area contributed by atoms with Gasteiger partial charge in [-0.1, -0.05) is 12.1 Å². The van der Waals surface area contributed by atoms with Gasteiger partial charge in [0.25, 0.3) is 0 Å². The molecule has 0 amide bonds. The number of ether oxygens (including phenoxy) is 3. The number of aliphatic hydroxyl groups is 5. The van der Waals surface area contributed by atoms with Gasteiger partial charge in [-0.2, -0.15) is 0 Å². The molecule has 2 aromatic carbocycles. The SMILES string of the molecule is COc1cc(C)c2c(=O)cc(C(O)C(C)O)oc2c1[C@@H]1O[C@H](CO)[C@@H](O)[C@H](O)[C@H]1OC(=O)/C=C/c1ccc(O)cc1. The summed E-state index contributed by atoms with van der Waals surface area (Å²) in [5.74, 6) is -1.04. The molecule has 1 saturated heterocycles. The lowest BCUT2D eigenvalue weighted by atomic mass is 9.88. The Morgan fingerprint density at radius 2 is 1.80 bits per heavy atom. The van der Waals surface area contributed by atoms with E-state index in [4.69, 9.17) is 18.6 Å². The predicted molar refractivity (Wildman–Crippen MR) is 144 cm³/mol. The first-order valence-electron chi connectivity index (χ1n) is 12.8. The quantitative estimate of drug-likeness (QED) is 0.166. The molecule has 0 aliphatic carbocycles. The summed E-state index contributed by atoms with van der Waals surface area (Å²) in [4.78, 5) is 26.0. The van der Waals surface area contributed by atoms with Crippen LogP contribution < -0.4 is 10.2 Å². The van der Waals surface area contributed by atoms with Crippen molar-refractivity contribution in [2.75, 3.05) is 13.7 Å². The maximum Gasteiger partial charge on any atom is 0.331 e. The van der Waals surface area contributed by atoms with Crippen molar-refractivity contribution in [2.45, 2.75) is 56.6 Å². The second kappa shape index (κ2) is 12.4. The second-order valence-electron chi connectivity index (χ2n) is 9.80. The highest BCUT2D eigenvalue weighted by Crippen LogP contribution is 2.43. The Morgan fingerprint density at radius 3 is 2.41 bits per heavy atom. The number of rotatable bonds is 8. The van der Waals surface area contributed by atoms with Gasteiger partial charge in [0.15, 0.2) is 11.5 Å². The third kappa shape index (κ3) is 6.12. The summed E-state index contributed by atoms with van der Waals surface area (Å²) in [6.45, 7) is 2.22. The van der Waals surface area contributed by atoms with E-state index in [1.165, 1.54) is 38.3 Å². The molecule has 1 fully saturated rings. The standard InChI is InChI=1S/C29H32O12/c1-13-10-18(38-3)23(27-22(13)17(33)11-19(39-27)24(35)14(2)31)28-29(26(37)25(36)20(12-30)40-28)41-21(34)9-6-15-4-7-16(32)8-5-15/h4-11,14,20,24-26,28-32,35-37H,12H2,1-3H3/b9-6+/t14?,20-,24?,25-,26+,28+,29-/m1/s1. The largest absolute Gasteiger partial charge is 0.508 e. The van der Waals surface area contributed by atoms with Crippen molar-refractivity contribution in [2.24, 2.45) is 0 Å². The lowest BCUT2D eigenvalue weighted by molar-refractivity contribution is -0.239. The number of phenolic OH excluding ortho intramolecular Hbond substituents is 1. The third-order valence-corrected chi connectivity index (χ3v) is 6.90. The minimum Gasteiger partial charge on any atom is -0.508 e. The van der Waals surface area contributed by atoms with Crippen LogP contribution in [0.4, 0.5) is 0 Å². The molecular formula is C29H32O12. The van der Waals surface area contributed by atoms with Gasteiger partial charge in [-0.15, -0.1) is 0 Å². The Balaban J connectivity index is 1.85. The van der Waals surface area contributed by atoms with Crippen LogP contribution in [-0.2, 0) is 14.3 Å². The van der Waals surface area contributed by atoms with Crippen LogP contribution in [0.1, 0.15) is 41.6 Å². The van der Waals surface area contributed by atoms with Crippen LogP contribution in [0.2, 0.25) is 0 Å². The monoisotopic (exact) mass is 572 g/mol. The molecule has 1 aliphatic heterocycles. The third-order valence-electron chi connectivity index (χ3n) is 6.90. The molecule has 12 heteroatoms. The molecule has 0 spiro atoms. The molecule has 41 heavy (non-hydrogen) atoms. The van der Waals surface area contributed by atoms with Gasteiger partial charge in [-0.05, 0) is 49.2 Å². The maximum absolute atomic E-state index is 13.1. The van der Waals surface area contributed by atoms with E-state index in [1.807, 2.05) is 0 Å². The summed E-state index contributed by atoms with van der Waals surface area (Å²) in [7, 11) is 1.33. The number of hydrogen-bond donors (Lipinski definition) is 6. The van der Waals surface area contributed by atoms with Crippen LogP contribution in [0.25, 0.3) is 17.0 Å². The Hall–Kier alpha value is -3.78. The summed E-state index contributed by atoms with van der Waals surface area (Å²) in [6, 6.07) is 8.53. The smallest absolute Gasteiger partial charge is 0.331 e. The first-order valence-corrected chi connectivity index (χ1v) is 12.8. The highest BCUT2D eigenvalue weighted by atomic mass is 16.6. The van der Waals surface area contributed by atoms with E-state index < -0.39 is 60.7 Å². The minimum absolute atomic E-state index is 0.00885. The number of aliphatic hydroxyl groups excluding tert-OH is 5. The zero-order chi connectivity index (χ0) is 30.0. The number of fused-ring (bicyclic) bond motifs is 1. The first kappa shape index (κ1) is 30.2. The Morgan fingerprint density at radius 1 is 1.12 bits per heavy atom. The topological polar surface area (TPSA) is 196 Å². The molecule has 7 atom stereocenters. The molecule has 6 N–H and O–H groups in total. The number of aromatic hydroxyl groups is 1. The number of hydrogen-bond acceptors (Lipinski definition) is 12. The van der Waals surface area contributed by atoms with Crippen LogP contribution in [0.3, 0.4) is 0 Å². The number of carbonyl (C=O) groups excluding carboxylic acids is 1. The molecule has 4 rings (SSSR count). The molecule has 0 saturated carbocycles. The van der Waals surface area contributed by atoms with Crippen molar-refractivity contribution in [3.63, 3.8) is 0 Å².